The molecule has 94 valence electrons. The van der Waals surface area contributed by atoms with E-state index in [4.69, 9.17) is 0 Å². The lowest BCUT2D eigenvalue weighted by Gasteiger charge is -2.36. The Kier molecular flexibility index (Phi) is 4.66. The van der Waals surface area contributed by atoms with Crippen molar-refractivity contribution in [1.82, 2.24) is 10.2 Å². The molecular weight excluding hydrogens is 196 g/mol. The lowest BCUT2D eigenvalue weighted by molar-refractivity contribution is 0.161. The third-order valence-electron chi connectivity index (χ3n) is 4.08. The minimum atomic E-state index is 0.765. The van der Waals surface area contributed by atoms with Crippen molar-refractivity contribution in [2.75, 3.05) is 26.7 Å². The van der Waals surface area contributed by atoms with E-state index in [1.807, 2.05) is 0 Å². The second-order valence-electron chi connectivity index (χ2n) is 6.01. The van der Waals surface area contributed by atoms with E-state index in [2.05, 4.69) is 24.2 Å². The Morgan fingerprint density at radius 3 is 2.69 bits per heavy atom. The van der Waals surface area contributed by atoms with Crippen molar-refractivity contribution in [2.45, 2.75) is 51.5 Å². The second-order valence-corrected chi connectivity index (χ2v) is 6.01. The number of nitrogens with zero attached hydrogens (tertiary/aromatic N) is 1. The SMILES string of the molecule is CCCCC1CC(NCC2CC2)CN(C)C1. The van der Waals surface area contributed by atoms with E-state index in [0.717, 1.165) is 17.9 Å². The van der Waals surface area contributed by atoms with Gasteiger partial charge in [0.25, 0.3) is 0 Å². The molecule has 2 nitrogen and oxygen atoms in total. The Balaban J connectivity index is 1.69. The molecule has 2 heteroatoms. The predicted molar refractivity (Wildman–Crippen MR) is 69.6 cm³/mol. The van der Waals surface area contributed by atoms with E-state index in [-0.39, 0.29) is 0 Å². The first kappa shape index (κ1) is 12.4. The molecule has 0 bridgehead atoms. The molecule has 0 aromatic rings. The maximum absolute atomic E-state index is 3.78. The molecule has 16 heavy (non-hydrogen) atoms. The zero-order valence-electron chi connectivity index (χ0n) is 11.0. The lowest BCUT2D eigenvalue weighted by Crippen LogP contribution is -2.48. The largest absolute Gasteiger partial charge is 0.312 e. The molecule has 1 saturated carbocycles. The van der Waals surface area contributed by atoms with Gasteiger partial charge in [-0.05, 0) is 51.1 Å². The molecule has 1 heterocycles. The highest BCUT2D eigenvalue weighted by Gasteiger charge is 2.27. The van der Waals surface area contributed by atoms with Crippen molar-refractivity contribution < 1.29 is 0 Å². The fraction of sp³-hybridized carbons (Fsp3) is 1.00. The predicted octanol–water partition coefficient (Wildman–Crippen LogP) is 2.50. The maximum Gasteiger partial charge on any atom is 0.0198 e. The number of piperidine rings is 1. The van der Waals surface area contributed by atoms with Crippen LogP contribution in [0.4, 0.5) is 0 Å². The minimum absolute atomic E-state index is 0.765. The van der Waals surface area contributed by atoms with Crippen molar-refractivity contribution in [3.8, 4) is 0 Å². The number of nitrogens with one attached hydrogen (secondary N) is 1. The van der Waals surface area contributed by atoms with E-state index < -0.39 is 0 Å². The quantitative estimate of drug-likeness (QED) is 0.746. The summed E-state index contributed by atoms with van der Waals surface area (Å²) >= 11 is 0. The van der Waals surface area contributed by atoms with E-state index in [1.54, 1.807) is 0 Å². The van der Waals surface area contributed by atoms with Crippen LogP contribution in [0, 0.1) is 11.8 Å². The highest BCUT2D eigenvalue weighted by molar-refractivity contribution is 4.84. The van der Waals surface area contributed by atoms with Gasteiger partial charge in [-0.3, -0.25) is 0 Å². The molecule has 0 amide bonds. The van der Waals surface area contributed by atoms with Gasteiger partial charge in [-0.2, -0.15) is 0 Å². The van der Waals surface area contributed by atoms with Gasteiger partial charge in [-0.25, -0.2) is 0 Å². The van der Waals surface area contributed by atoms with Crippen molar-refractivity contribution >= 4 is 0 Å². The third-order valence-corrected chi connectivity index (χ3v) is 4.08. The Bertz CT molecular complexity index is 201. The van der Waals surface area contributed by atoms with Gasteiger partial charge in [-0.15, -0.1) is 0 Å². The van der Waals surface area contributed by atoms with Gasteiger partial charge in [0.05, 0.1) is 0 Å². The van der Waals surface area contributed by atoms with Gasteiger partial charge < -0.3 is 10.2 Å². The van der Waals surface area contributed by atoms with E-state index in [9.17, 15) is 0 Å². The van der Waals surface area contributed by atoms with Crippen LogP contribution < -0.4 is 5.32 Å². The average molecular weight is 224 g/mol. The highest BCUT2D eigenvalue weighted by Crippen LogP contribution is 2.28. The second kappa shape index (κ2) is 6.02. The third kappa shape index (κ3) is 4.06. The zero-order valence-corrected chi connectivity index (χ0v) is 11.0. The van der Waals surface area contributed by atoms with Gasteiger partial charge >= 0.3 is 0 Å². The molecule has 0 aromatic heterocycles. The molecular formula is C14H28N2. The Morgan fingerprint density at radius 1 is 1.19 bits per heavy atom. The number of likely N-dealkylation sites (N-methyl/N-ethyl adjacent to an activating group) is 1. The molecule has 1 aliphatic carbocycles. The smallest absolute Gasteiger partial charge is 0.0198 e. The molecule has 0 aromatic carbocycles. The van der Waals surface area contributed by atoms with Gasteiger partial charge in [0, 0.05) is 19.1 Å². The molecule has 0 spiro atoms. The molecule has 0 radical (unpaired) electrons. The first-order valence-electron chi connectivity index (χ1n) is 7.19. The fourth-order valence-corrected chi connectivity index (χ4v) is 2.95. The molecule has 1 saturated heterocycles. The zero-order chi connectivity index (χ0) is 11.4. The van der Waals surface area contributed by atoms with Gasteiger partial charge in [-0.1, -0.05) is 19.8 Å². The average Bonchev–Trinajstić information content (AvgIpc) is 3.07. The van der Waals surface area contributed by atoms with Crippen LogP contribution in [0.3, 0.4) is 0 Å². The number of rotatable bonds is 6. The lowest BCUT2D eigenvalue weighted by atomic mass is 9.90. The highest BCUT2D eigenvalue weighted by atomic mass is 15.1. The number of hydrogen-bond donors (Lipinski definition) is 1. The van der Waals surface area contributed by atoms with Crippen LogP contribution in [0.2, 0.25) is 0 Å². The minimum Gasteiger partial charge on any atom is -0.312 e. The summed E-state index contributed by atoms with van der Waals surface area (Å²) in [5, 5.41) is 3.78. The number of unbranched alkanes of at least 4 members (excludes halogenated alkanes) is 1. The van der Waals surface area contributed by atoms with Crippen molar-refractivity contribution in [3.63, 3.8) is 0 Å². The van der Waals surface area contributed by atoms with Gasteiger partial charge in [0.1, 0.15) is 0 Å². The first-order valence-corrected chi connectivity index (χ1v) is 7.19. The Morgan fingerprint density at radius 2 is 2.00 bits per heavy atom. The normalized spacial score (nSPS) is 31.9. The topological polar surface area (TPSA) is 15.3 Å². The Labute approximate surface area is 101 Å². The van der Waals surface area contributed by atoms with Gasteiger partial charge in [0.15, 0.2) is 0 Å². The summed E-state index contributed by atoms with van der Waals surface area (Å²) in [4.78, 5) is 2.52. The van der Waals surface area contributed by atoms with E-state index >= 15 is 0 Å². The number of hydrogen-bond acceptors (Lipinski definition) is 2. The molecule has 2 rings (SSSR count). The van der Waals surface area contributed by atoms with Crippen molar-refractivity contribution in [2.24, 2.45) is 11.8 Å². The maximum atomic E-state index is 3.78. The van der Waals surface area contributed by atoms with Crippen LogP contribution >= 0.6 is 0 Å². The number of likely N-dealkylation sites (tertiary alicyclic amines) is 1. The first-order chi connectivity index (χ1) is 7.78. The molecule has 2 fully saturated rings. The summed E-state index contributed by atoms with van der Waals surface area (Å²) in [5.74, 6) is 1.96. The van der Waals surface area contributed by atoms with E-state index in [0.29, 0.717) is 0 Å². The summed E-state index contributed by atoms with van der Waals surface area (Å²) in [6.07, 6.45) is 8.54. The van der Waals surface area contributed by atoms with Gasteiger partial charge in [0.2, 0.25) is 0 Å². The molecule has 2 atom stereocenters. The molecule has 1 N–H and O–H groups in total. The standard InChI is InChI=1S/C14H28N2/c1-3-4-5-13-8-14(11-16(2)10-13)15-9-12-6-7-12/h12-15H,3-11H2,1-2H3. The monoisotopic (exact) mass is 224 g/mol. The summed E-state index contributed by atoms with van der Waals surface area (Å²) in [6.45, 7) is 6.16. The van der Waals surface area contributed by atoms with Crippen LogP contribution in [0.25, 0.3) is 0 Å². The summed E-state index contributed by atoms with van der Waals surface area (Å²) in [7, 11) is 2.28. The summed E-state index contributed by atoms with van der Waals surface area (Å²) in [6, 6.07) is 0.765. The van der Waals surface area contributed by atoms with Crippen LogP contribution in [0.5, 0.6) is 0 Å². The van der Waals surface area contributed by atoms with Crippen LogP contribution in [-0.4, -0.2) is 37.6 Å². The van der Waals surface area contributed by atoms with Crippen LogP contribution in [0.1, 0.15) is 45.4 Å². The van der Waals surface area contributed by atoms with Crippen molar-refractivity contribution in [1.29, 1.82) is 0 Å². The van der Waals surface area contributed by atoms with Crippen LogP contribution in [0.15, 0.2) is 0 Å². The summed E-state index contributed by atoms with van der Waals surface area (Å²) in [5.41, 5.74) is 0. The summed E-state index contributed by atoms with van der Waals surface area (Å²) < 4.78 is 0. The fourth-order valence-electron chi connectivity index (χ4n) is 2.95. The van der Waals surface area contributed by atoms with Crippen LogP contribution in [-0.2, 0) is 0 Å². The van der Waals surface area contributed by atoms with E-state index in [1.165, 1.54) is 58.2 Å². The van der Waals surface area contributed by atoms with Crippen molar-refractivity contribution in [3.05, 3.63) is 0 Å². The molecule has 1 aliphatic heterocycles. The Hall–Kier alpha value is -0.0800. The molecule has 2 unspecified atom stereocenters. The molecule has 2 aliphatic rings.